The number of carbonyl (C=O) groups is 2. The highest BCUT2D eigenvalue weighted by Gasteiger charge is 2.20. The van der Waals surface area contributed by atoms with Crippen molar-refractivity contribution in [2.24, 2.45) is 17.8 Å². The molecule has 166 valence electrons. The summed E-state index contributed by atoms with van der Waals surface area (Å²) in [5.41, 5.74) is 4.34. The average Bonchev–Trinajstić information content (AvgIpc) is 2.68. The van der Waals surface area contributed by atoms with Crippen molar-refractivity contribution in [3.05, 3.63) is 47.6 Å². The summed E-state index contributed by atoms with van der Waals surface area (Å²) in [6, 6.07) is 7.65. The highest BCUT2D eigenvalue weighted by atomic mass is 16.6. The summed E-state index contributed by atoms with van der Waals surface area (Å²) in [5.74, 6) is 1.37. The molecule has 0 radical (unpaired) electrons. The molecule has 0 saturated heterocycles. The molecule has 0 aromatic heterocycles. The number of ether oxygens (including phenoxy) is 2. The third kappa shape index (κ3) is 7.69. The van der Waals surface area contributed by atoms with Crippen LogP contribution in [0.25, 0.3) is 5.57 Å². The molecule has 1 N–H and O–H groups in total. The standard InChI is InChI=1S/C25H37NO4/c1-9-19(8)22(16(2)3)23(17(4)5)20-10-12-21(13-11-20)30-25(28)26-14-15-29-24(27)18(6)7/h10-13,16-17,19H,6,9,14-15H2,1-5,7-8H3,(H,26,28)/b23-22+. The van der Waals surface area contributed by atoms with E-state index in [0.29, 0.717) is 29.1 Å². The largest absolute Gasteiger partial charge is 0.460 e. The van der Waals surface area contributed by atoms with Crippen LogP contribution in [0.5, 0.6) is 5.75 Å². The fraction of sp³-hybridized carbons (Fsp3) is 0.520. The third-order valence-electron chi connectivity index (χ3n) is 4.98. The third-order valence-corrected chi connectivity index (χ3v) is 4.98. The molecule has 0 heterocycles. The summed E-state index contributed by atoms with van der Waals surface area (Å²) in [6.07, 6.45) is 0.517. The van der Waals surface area contributed by atoms with Crippen LogP contribution in [-0.4, -0.2) is 25.2 Å². The van der Waals surface area contributed by atoms with Crippen molar-refractivity contribution in [2.75, 3.05) is 13.2 Å². The molecule has 1 aromatic carbocycles. The minimum absolute atomic E-state index is 0.0653. The monoisotopic (exact) mass is 415 g/mol. The van der Waals surface area contributed by atoms with Crippen molar-refractivity contribution in [3.8, 4) is 5.75 Å². The minimum Gasteiger partial charge on any atom is -0.460 e. The normalized spacial score (nSPS) is 13.0. The molecule has 0 bridgehead atoms. The first kappa shape index (κ1) is 25.5. The predicted octanol–water partition coefficient (Wildman–Crippen LogP) is 6.01. The van der Waals surface area contributed by atoms with E-state index in [1.165, 1.54) is 11.1 Å². The summed E-state index contributed by atoms with van der Waals surface area (Å²) in [7, 11) is 0. The maximum atomic E-state index is 11.9. The van der Waals surface area contributed by atoms with E-state index in [2.05, 4.69) is 53.4 Å². The lowest BCUT2D eigenvalue weighted by atomic mass is 9.79. The number of nitrogens with one attached hydrogen (secondary N) is 1. The molecular weight excluding hydrogens is 378 g/mol. The van der Waals surface area contributed by atoms with Gasteiger partial charge in [-0.3, -0.25) is 0 Å². The van der Waals surface area contributed by atoms with Crippen LogP contribution in [-0.2, 0) is 9.53 Å². The van der Waals surface area contributed by atoms with Crippen LogP contribution in [0.4, 0.5) is 4.79 Å². The fourth-order valence-corrected chi connectivity index (χ4v) is 3.46. The first-order valence-corrected chi connectivity index (χ1v) is 10.7. The first-order chi connectivity index (χ1) is 14.1. The maximum Gasteiger partial charge on any atom is 0.412 e. The van der Waals surface area contributed by atoms with Crippen molar-refractivity contribution >= 4 is 17.6 Å². The Bertz CT molecular complexity index is 760. The van der Waals surface area contributed by atoms with Gasteiger partial charge in [-0.15, -0.1) is 0 Å². The van der Waals surface area contributed by atoms with E-state index < -0.39 is 12.1 Å². The van der Waals surface area contributed by atoms with Crippen LogP contribution in [0.3, 0.4) is 0 Å². The van der Waals surface area contributed by atoms with Gasteiger partial charge in [0.2, 0.25) is 0 Å². The van der Waals surface area contributed by atoms with Crippen LogP contribution in [0.2, 0.25) is 0 Å². The van der Waals surface area contributed by atoms with Gasteiger partial charge in [0.1, 0.15) is 12.4 Å². The van der Waals surface area contributed by atoms with Gasteiger partial charge < -0.3 is 14.8 Å². The molecule has 30 heavy (non-hydrogen) atoms. The Labute approximate surface area is 181 Å². The van der Waals surface area contributed by atoms with Gasteiger partial charge in [-0.1, -0.05) is 65.8 Å². The maximum absolute atomic E-state index is 11.9. The number of benzene rings is 1. The van der Waals surface area contributed by atoms with E-state index in [-0.39, 0.29) is 13.2 Å². The quantitative estimate of drug-likeness (QED) is 0.289. The Kier molecular flexibility index (Phi) is 10.4. The van der Waals surface area contributed by atoms with Crippen LogP contribution >= 0.6 is 0 Å². The van der Waals surface area contributed by atoms with Crippen LogP contribution in [0, 0.1) is 17.8 Å². The molecular formula is C25H37NO4. The van der Waals surface area contributed by atoms with Gasteiger partial charge in [0.25, 0.3) is 0 Å². The number of amides is 1. The van der Waals surface area contributed by atoms with Gasteiger partial charge in [-0.2, -0.15) is 0 Å². The molecule has 1 amide bonds. The molecule has 5 nitrogen and oxygen atoms in total. The van der Waals surface area contributed by atoms with Crippen molar-refractivity contribution in [1.82, 2.24) is 5.32 Å². The van der Waals surface area contributed by atoms with Gasteiger partial charge >= 0.3 is 12.1 Å². The van der Waals surface area contributed by atoms with Gasteiger partial charge in [-0.05, 0) is 54.4 Å². The van der Waals surface area contributed by atoms with E-state index in [9.17, 15) is 9.59 Å². The average molecular weight is 416 g/mol. The molecule has 0 aliphatic rings. The smallest absolute Gasteiger partial charge is 0.412 e. The van der Waals surface area contributed by atoms with Gasteiger partial charge in [-0.25, -0.2) is 9.59 Å². The predicted molar refractivity (Wildman–Crippen MR) is 122 cm³/mol. The summed E-state index contributed by atoms with van der Waals surface area (Å²) in [5, 5.41) is 2.56. The van der Waals surface area contributed by atoms with Gasteiger partial charge in [0.05, 0.1) is 6.54 Å². The molecule has 1 rings (SSSR count). The molecule has 0 saturated carbocycles. The van der Waals surface area contributed by atoms with E-state index in [1.54, 1.807) is 6.92 Å². The lowest BCUT2D eigenvalue weighted by molar-refractivity contribution is -0.138. The van der Waals surface area contributed by atoms with E-state index >= 15 is 0 Å². The molecule has 1 unspecified atom stereocenters. The van der Waals surface area contributed by atoms with Crippen molar-refractivity contribution in [3.63, 3.8) is 0 Å². The Morgan fingerprint density at radius 1 is 1.03 bits per heavy atom. The summed E-state index contributed by atoms with van der Waals surface area (Å²) in [4.78, 5) is 23.2. The summed E-state index contributed by atoms with van der Waals surface area (Å²) >= 11 is 0. The van der Waals surface area contributed by atoms with Crippen LogP contribution in [0.1, 0.15) is 60.5 Å². The van der Waals surface area contributed by atoms with Crippen molar-refractivity contribution in [1.29, 1.82) is 0 Å². The molecule has 0 aliphatic heterocycles. The Morgan fingerprint density at radius 3 is 2.10 bits per heavy atom. The number of hydrogen-bond acceptors (Lipinski definition) is 4. The van der Waals surface area contributed by atoms with Crippen LogP contribution < -0.4 is 10.1 Å². The summed E-state index contributed by atoms with van der Waals surface area (Å²) in [6.45, 7) is 18.8. The minimum atomic E-state index is -0.587. The number of carbonyl (C=O) groups excluding carboxylic acids is 2. The van der Waals surface area contributed by atoms with E-state index in [4.69, 9.17) is 9.47 Å². The van der Waals surface area contributed by atoms with Crippen molar-refractivity contribution < 1.29 is 19.1 Å². The molecule has 5 heteroatoms. The first-order valence-electron chi connectivity index (χ1n) is 10.7. The highest BCUT2D eigenvalue weighted by molar-refractivity contribution is 5.86. The molecule has 0 spiro atoms. The highest BCUT2D eigenvalue weighted by Crippen LogP contribution is 2.36. The Balaban J connectivity index is 2.82. The fourth-order valence-electron chi connectivity index (χ4n) is 3.46. The topological polar surface area (TPSA) is 64.6 Å². The molecule has 0 aliphatic carbocycles. The summed E-state index contributed by atoms with van der Waals surface area (Å²) < 4.78 is 10.2. The SMILES string of the molecule is C=C(C)C(=O)OCCNC(=O)Oc1ccc(/C(=C(\C(C)C)C(C)CC)C(C)C)cc1. The van der Waals surface area contributed by atoms with E-state index in [1.807, 2.05) is 24.3 Å². The van der Waals surface area contributed by atoms with Gasteiger partial charge in [0, 0.05) is 5.57 Å². The van der Waals surface area contributed by atoms with Gasteiger partial charge in [0.15, 0.2) is 0 Å². The molecule has 0 fully saturated rings. The Morgan fingerprint density at radius 2 is 1.63 bits per heavy atom. The zero-order chi connectivity index (χ0) is 22.8. The van der Waals surface area contributed by atoms with E-state index in [0.717, 1.165) is 12.0 Å². The van der Waals surface area contributed by atoms with Crippen molar-refractivity contribution in [2.45, 2.75) is 54.9 Å². The lowest BCUT2D eigenvalue weighted by Crippen LogP contribution is -2.30. The second-order valence-electron chi connectivity index (χ2n) is 8.24. The second kappa shape index (κ2) is 12.2. The number of hydrogen-bond donors (Lipinski definition) is 1. The zero-order valence-electron chi connectivity index (χ0n) is 19.5. The second-order valence-corrected chi connectivity index (χ2v) is 8.24. The number of allylic oxidation sites excluding steroid dienone is 2. The molecule has 1 aromatic rings. The number of esters is 1. The Hall–Kier alpha value is -2.56. The van der Waals surface area contributed by atoms with Crippen LogP contribution in [0.15, 0.2) is 42.0 Å². The number of rotatable bonds is 10. The molecule has 1 atom stereocenters. The zero-order valence-corrected chi connectivity index (χ0v) is 19.5. The lowest BCUT2D eigenvalue weighted by Gasteiger charge is -2.26.